The van der Waals surface area contributed by atoms with Crippen molar-refractivity contribution in [3.8, 4) is 0 Å². The van der Waals surface area contributed by atoms with E-state index >= 15 is 0 Å². The number of carbonyl (C=O) groups is 2. The van der Waals surface area contributed by atoms with E-state index < -0.39 is 5.97 Å². The highest BCUT2D eigenvalue weighted by molar-refractivity contribution is 9.10. The second kappa shape index (κ2) is 9.34. The highest BCUT2D eigenvalue weighted by Crippen LogP contribution is 2.28. The van der Waals surface area contributed by atoms with Gasteiger partial charge in [-0.2, -0.15) is 0 Å². The smallest absolute Gasteiger partial charge is 0.340 e. The maximum absolute atomic E-state index is 12.9. The molecule has 0 saturated carbocycles. The topological polar surface area (TPSA) is 79.2 Å². The summed E-state index contributed by atoms with van der Waals surface area (Å²) in [5.41, 5.74) is 3.79. The lowest BCUT2D eigenvalue weighted by Gasteiger charge is -2.35. The number of piperazine rings is 1. The van der Waals surface area contributed by atoms with E-state index in [0.717, 1.165) is 26.8 Å². The molecule has 8 nitrogen and oxygen atoms in total. The van der Waals surface area contributed by atoms with E-state index in [4.69, 9.17) is 9.72 Å². The summed E-state index contributed by atoms with van der Waals surface area (Å²) in [5.74, 6) is 0.455. The van der Waals surface area contributed by atoms with Gasteiger partial charge in [0.1, 0.15) is 0 Å². The molecule has 0 unspecified atom stereocenters. The number of anilines is 2. The highest BCUT2D eigenvalue weighted by atomic mass is 79.9. The number of carbonyl (C=O) groups excluding carboxylic acids is 2. The van der Waals surface area contributed by atoms with E-state index in [0.29, 0.717) is 37.4 Å². The molecule has 4 aromatic rings. The molecular formula is C25H24BrN5O3. The summed E-state index contributed by atoms with van der Waals surface area (Å²) in [6.45, 7) is 4.42. The lowest BCUT2D eigenvalue weighted by Crippen LogP contribution is -2.50. The van der Waals surface area contributed by atoms with Crippen molar-refractivity contribution in [3.63, 3.8) is 0 Å². The maximum atomic E-state index is 12.9. The molecule has 0 atom stereocenters. The third-order valence-electron chi connectivity index (χ3n) is 5.93. The minimum atomic E-state index is -0.451. The Morgan fingerprint density at radius 2 is 1.82 bits per heavy atom. The number of aromatic nitrogens is 2. The van der Waals surface area contributed by atoms with E-state index in [2.05, 4.69) is 42.7 Å². The van der Waals surface area contributed by atoms with Crippen LogP contribution in [-0.2, 0) is 4.74 Å². The molecule has 5 rings (SSSR count). The fourth-order valence-electron chi connectivity index (χ4n) is 4.26. The Hall–Kier alpha value is -3.59. The van der Waals surface area contributed by atoms with Gasteiger partial charge in [0.15, 0.2) is 5.82 Å². The molecule has 2 aromatic carbocycles. The standard InChI is InChI=1S/C25H24BrN5O3/c1-2-34-24(32)18-6-3-4-7-19(18)28-25(33)30-14-12-29(13-15-30)23-22-8-5-11-31(22)21-10-9-17(26)16-20(21)27-23/h3-11,16H,2,12-15H2,1H3,(H,28,33). The average Bonchev–Trinajstić information content (AvgIpc) is 3.34. The van der Waals surface area contributed by atoms with Crippen LogP contribution in [0.5, 0.6) is 0 Å². The SMILES string of the molecule is CCOC(=O)c1ccccc1NC(=O)N1CCN(c2nc3cc(Br)ccc3n3cccc23)CC1. The summed E-state index contributed by atoms with van der Waals surface area (Å²) < 4.78 is 8.23. The molecule has 34 heavy (non-hydrogen) atoms. The van der Waals surface area contributed by atoms with Gasteiger partial charge in [0.25, 0.3) is 0 Å². The largest absolute Gasteiger partial charge is 0.462 e. The van der Waals surface area contributed by atoms with Crippen LogP contribution in [0.2, 0.25) is 0 Å². The lowest BCUT2D eigenvalue weighted by atomic mass is 10.2. The molecule has 0 radical (unpaired) electrons. The van der Waals surface area contributed by atoms with E-state index in [9.17, 15) is 9.59 Å². The van der Waals surface area contributed by atoms with Gasteiger partial charge < -0.3 is 24.3 Å². The van der Waals surface area contributed by atoms with Gasteiger partial charge in [-0.3, -0.25) is 0 Å². The highest BCUT2D eigenvalue weighted by Gasteiger charge is 2.25. The number of amides is 2. The Kier molecular flexibility index (Phi) is 6.10. The van der Waals surface area contributed by atoms with Crippen LogP contribution in [0.1, 0.15) is 17.3 Å². The van der Waals surface area contributed by atoms with Gasteiger partial charge in [-0.05, 0) is 49.4 Å². The van der Waals surface area contributed by atoms with E-state index in [-0.39, 0.29) is 12.6 Å². The predicted molar refractivity (Wildman–Crippen MR) is 136 cm³/mol. The number of rotatable bonds is 4. The van der Waals surface area contributed by atoms with E-state index in [1.807, 2.05) is 24.4 Å². The Morgan fingerprint density at radius 3 is 2.62 bits per heavy atom. The second-order valence-electron chi connectivity index (χ2n) is 8.00. The number of para-hydroxylation sites is 1. The van der Waals surface area contributed by atoms with Crippen LogP contribution in [0.15, 0.2) is 65.3 Å². The number of urea groups is 1. The first-order chi connectivity index (χ1) is 16.5. The quantitative estimate of drug-likeness (QED) is 0.391. The summed E-state index contributed by atoms with van der Waals surface area (Å²) in [4.78, 5) is 34.1. The molecule has 3 heterocycles. The molecule has 1 N–H and O–H groups in total. The van der Waals surface area contributed by atoms with Crippen molar-refractivity contribution in [1.82, 2.24) is 14.3 Å². The lowest BCUT2D eigenvalue weighted by molar-refractivity contribution is 0.0527. The van der Waals surface area contributed by atoms with Gasteiger partial charge in [0.2, 0.25) is 0 Å². The zero-order valence-electron chi connectivity index (χ0n) is 18.7. The van der Waals surface area contributed by atoms with Gasteiger partial charge in [-0.15, -0.1) is 0 Å². The second-order valence-corrected chi connectivity index (χ2v) is 8.92. The first kappa shape index (κ1) is 22.2. The van der Waals surface area contributed by atoms with Crippen LogP contribution in [0, 0.1) is 0 Å². The Balaban J connectivity index is 1.32. The fourth-order valence-corrected chi connectivity index (χ4v) is 4.61. The Labute approximate surface area is 205 Å². The number of fused-ring (bicyclic) bond motifs is 3. The third-order valence-corrected chi connectivity index (χ3v) is 6.42. The molecule has 1 fully saturated rings. The number of nitrogens with one attached hydrogen (secondary N) is 1. The molecule has 0 spiro atoms. The number of nitrogens with zero attached hydrogens (tertiary/aromatic N) is 4. The Morgan fingerprint density at radius 1 is 1.03 bits per heavy atom. The van der Waals surface area contributed by atoms with Crippen molar-refractivity contribution in [1.29, 1.82) is 0 Å². The van der Waals surface area contributed by atoms with Gasteiger partial charge in [-0.1, -0.05) is 28.1 Å². The van der Waals surface area contributed by atoms with Gasteiger partial charge in [0.05, 0.1) is 34.4 Å². The van der Waals surface area contributed by atoms with Crippen LogP contribution >= 0.6 is 15.9 Å². The molecule has 174 valence electrons. The van der Waals surface area contributed by atoms with Gasteiger partial charge >= 0.3 is 12.0 Å². The number of ether oxygens (including phenoxy) is 1. The molecule has 1 aliphatic heterocycles. The zero-order chi connectivity index (χ0) is 23.7. The maximum Gasteiger partial charge on any atom is 0.340 e. The van der Waals surface area contributed by atoms with Crippen molar-refractivity contribution in [2.75, 3.05) is 43.0 Å². The normalized spacial score (nSPS) is 13.9. The molecule has 0 aliphatic carbocycles. The molecule has 2 amide bonds. The monoisotopic (exact) mass is 521 g/mol. The van der Waals surface area contributed by atoms with Crippen molar-refractivity contribution in [2.24, 2.45) is 0 Å². The molecular weight excluding hydrogens is 498 g/mol. The number of esters is 1. The van der Waals surface area contributed by atoms with Crippen LogP contribution in [0.3, 0.4) is 0 Å². The molecule has 1 aliphatic rings. The van der Waals surface area contributed by atoms with Crippen molar-refractivity contribution in [2.45, 2.75) is 6.92 Å². The summed E-state index contributed by atoms with van der Waals surface area (Å²) in [5, 5.41) is 2.87. The van der Waals surface area contributed by atoms with Crippen LogP contribution in [0.25, 0.3) is 16.6 Å². The number of halogens is 1. The molecule has 0 bridgehead atoms. The zero-order valence-corrected chi connectivity index (χ0v) is 20.3. The summed E-state index contributed by atoms with van der Waals surface area (Å²) in [7, 11) is 0. The Bertz CT molecular complexity index is 1380. The van der Waals surface area contributed by atoms with Crippen LogP contribution < -0.4 is 10.2 Å². The molecule has 1 saturated heterocycles. The summed E-state index contributed by atoms with van der Waals surface area (Å²) in [6.07, 6.45) is 2.04. The number of hydrogen-bond donors (Lipinski definition) is 1. The fraction of sp³-hybridized carbons (Fsp3) is 0.240. The number of benzene rings is 2. The van der Waals surface area contributed by atoms with Gasteiger partial charge in [-0.25, -0.2) is 14.6 Å². The first-order valence-electron chi connectivity index (χ1n) is 11.2. The minimum Gasteiger partial charge on any atom is -0.462 e. The average molecular weight is 522 g/mol. The molecule has 9 heteroatoms. The van der Waals surface area contributed by atoms with Gasteiger partial charge in [0, 0.05) is 36.8 Å². The van der Waals surface area contributed by atoms with E-state index in [1.54, 1.807) is 36.1 Å². The summed E-state index contributed by atoms with van der Waals surface area (Å²) >= 11 is 3.54. The third kappa shape index (κ3) is 4.19. The minimum absolute atomic E-state index is 0.236. The predicted octanol–water partition coefficient (Wildman–Crippen LogP) is 4.78. The van der Waals surface area contributed by atoms with E-state index in [1.165, 1.54) is 0 Å². The molecule has 2 aromatic heterocycles. The number of hydrogen-bond acceptors (Lipinski definition) is 5. The van der Waals surface area contributed by atoms with Crippen molar-refractivity contribution >= 4 is 56.0 Å². The summed E-state index contributed by atoms with van der Waals surface area (Å²) in [6, 6.07) is 16.8. The van der Waals surface area contributed by atoms with Crippen molar-refractivity contribution in [3.05, 3.63) is 70.8 Å². The first-order valence-corrected chi connectivity index (χ1v) is 12.0. The van der Waals surface area contributed by atoms with Crippen molar-refractivity contribution < 1.29 is 14.3 Å². The van der Waals surface area contributed by atoms with Crippen LogP contribution in [-0.4, -0.2) is 59.1 Å². The van der Waals surface area contributed by atoms with Crippen LogP contribution in [0.4, 0.5) is 16.3 Å².